The molecule has 2 aromatic rings. The molecule has 1 heterocycles. The molecule has 0 unspecified atom stereocenters. The largest absolute Gasteiger partial charge is 0.497 e. The van der Waals surface area contributed by atoms with Crippen molar-refractivity contribution < 1.29 is 17.9 Å². The minimum atomic E-state index is -4.12. The first kappa shape index (κ1) is 16.7. The highest BCUT2D eigenvalue weighted by Gasteiger charge is 2.29. The standard InChI is InChI=1S/C19H20F3NO/c1-24-15-6-2-5-14(13-15)16-7-3-9-18-17(16)8-4-11-23(18)12-10-19(20,21)22/h2-3,5-7,9,13H,4,8,10-12H2,1H3. The van der Waals surface area contributed by atoms with Gasteiger partial charge in [-0.05, 0) is 47.7 Å². The second-order valence-corrected chi connectivity index (χ2v) is 5.99. The number of alkyl halides is 3. The Balaban J connectivity index is 1.94. The highest BCUT2D eigenvalue weighted by Crippen LogP contribution is 2.37. The summed E-state index contributed by atoms with van der Waals surface area (Å²) in [6.45, 7) is 0.683. The number of methoxy groups -OCH3 is 1. The summed E-state index contributed by atoms with van der Waals surface area (Å²) < 4.78 is 43.0. The van der Waals surface area contributed by atoms with E-state index in [-0.39, 0.29) is 6.54 Å². The van der Waals surface area contributed by atoms with E-state index in [0.29, 0.717) is 6.54 Å². The molecule has 0 radical (unpaired) electrons. The lowest BCUT2D eigenvalue weighted by Gasteiger charge is -2.33. The number of rotatable bonds is 4. The van der Waals surface area contributed by atoms with Crippen LogP contribution >= 0.6 is 0 Å². The van der Waals surface area contributed by atoms with Gasteiger partial charge in [-0.2, -0.15) is 13.2 Å². The predicted octanol–water partition coefficient (Wildman–Crippen LogP) is 5.07. The first-order valence-electron chi connectivity index (χ1n) is 8.06. The van der Waals surface area contributed by atoms with Gasteiger partial charge >= 0.3 is 6.18 Å². The molecule has 0 fully saturated rings. The topological polar surface area (TPSA) is 12.5 Å². The third-order valence-electron chi connectivity index (χ3n) is 4.39. The van der Waals surface area contributed by atoms with Crippen LogP contribution in [0, 0.1) is 0 Å². The van der Waals surface area contributed by atoms with Crippen molar-refractivity contribution >= 4 is 5.69 Å². The van der Waals surface area contributed by atoms with Gasteiger partial charge in [0.2, 0.25) is 0 Å². The summed E-state index contributed by atoms with van der Waals surface area (Å²) in [4.78, 5) is 1.86. The van der Waals surface area contributed by atoms with Crippen molar-refractivity contribution in [3.63, 3.8) is 0 Å². The molecule has 0 spiro atoms. The lowest BCUT2D eigenvalue weighted by atomic mass is 9.92. The molecule has 0 amide bonds. The number of hydrogen-bond acceptors (Lipinski definition) is 2. The molecule has 0 aromatic heterocycles. The van der Waals surface area contributed by atoms with Crippen molar-refractivity contribution in [1.82, 2.24) is 0 Å². The Bertz CT molecular complexity index is 712. The maximum absolute atomic E-state index is 12.6. The highest BCUT2D eigenvalue weighted by atomic mass is 19.4. The monoisotopic (exact) mass is 335 g/mol. The molecule has 3 rings (SSSR count). The van der Waals surface area contributed by atoms with Gasteiger partial charge < -0.3 is 9.64 Å². The molecule has 1 aliphatic rings. The Morgan fingerprint density at radius 1 is 1.12 bits per heavy atom. The van der Waals surface area contributed by atoms with E-state index in [0.717, 1.165) is 41.0 Å². The van der Waals surface area contributed by atoms with Crippen molar-refractivity contribution in [3.8, 4) is 16.9 Å². The van der Waals surface area contributed by atoms with E-state index < -0.39 is 12.6 Å². The Morgan fingerprint density at radius 2 is 1.92 bits per heavy atom. The quantitative estimate of drug-likeness (QED) is 0.774. The third kappa shape index (κ3) is 3.66. The minimum absolute atomic E-state index is 0.0120. The maximum atomic E-state index is 12.6. The van der Waals surface area contributed by atoms with Crippen molar-refractivity contribution in [2.45, 2.75) is 25.4 Å². The molecule has 2 nitrogen and oxygen atoms in total. The summed E-state index contributed by atoms with van der Waals surface area (Å²) in [6.07, 6.45) is -3.16. The van der Waals surface area contributed by atoms with Crippen molar-refractivity contribution in [3.05, 3.63) is 48.0 Å². The second-order valence-electron chi connectivity index (χ2n) is 5.99. The molecular weight excluding hydrogens is 315 g/mol. The van der Waals surface area contributed by atoms with Crippen LogP contribution in [0.3, 0.4) is 0 Å². The fourth-order valence-corrected chi connectivity index (χ4v) is 3.26. The number of fused-ring (bicyclic) bond motifs is 1. The van der Waals surface area contributed by atoms with Crippen molar-refractivity contribution in [2.75, 3.05) is 25.1 Å². The van der Waals surface area contributed by atoms with E-state index in [1.807, 2.05) is 47.4 Å². The van der Waals surface area contributed by atoms with Gasteiger partial charge in [0.15, 0.2) is 0 Å². The summed E-state index contributed by atoms with van der Waals surface area (Å²) in [5, 5.41) is 0. The Kier molecular flexibility index (Phi) is 4.69. The van der Waals surface area contributed by atoms with Gasteiger partial charge in [0, 0.05) is 18.8 Å². The van der Waals surface area contributed by atoms with E-state index in [2.05, 4.69) is 0 Å². The lowest BCUT2D eigenvalue weighted by Crippen LogP contribution is -2.32. The maximum Gasteiger partial charge on any atom is 0.390 e. The van der Waals surface area contributed by atoms with Crippen molar-refractivity contribution in [2.24, 2.45) is 0 Å². The van der Waals surface area contributed by atoms with Gasteiger partial charge in [-0.3, -0.25) is 0 Å². The minimum Gasteiger partial charge on any atom is -0.497 e. The predicted molar refractivity (Wildman–Crippen MR) is 89.6 cm³/mol. The van der Waals surface area contributed by atoms with E-state index in [1.165, 1.54) is 0 Å². The third-order valence-corrected chi connectivity index (χ3v) is 4.39. The van der Waals surface area contributed by atoms with Crippen LogP contribution in [0.25, 0.3) is 11.1 Å². The summed E-state index contributed by atoms with van der Waals surface area (Å²) in [5.74, 6) is 0.773. The Labute approximate surface area is 139 Å². The molecule has 5 heteroatoms. The SMILES string of the molecule is COc1cccc(-c2cccc3c2CCCN3CCC(F)(F)F)c1. The molecule has 0 aliphatic carbocycles. The average molecular weight is 335 g/mol. The number of halogens is 3. The van der Waals surface area contributed by atoms with Crippen LogP contribution in [0.2, 0.25) is 0 Å². The number of anilines is 1. The second kappa shape index (κ2) is 6.75. The van der Waals surface area contributed by atoms with Gasteiger partial charge in [-0.25, -0.2) is 0 Å². The van der Waals surface area contributed by atoms with Crippen LogP contribution in [0.1, 0.15) is 18.4 Å². The fraction of sp³-hybridized carbons (Fsp3) is 0.368. The summed E-state index contributed by atoms with van der Waals surface area (Å²) in [7, 11) is 1.62. The Morgan fingerprint density at radius 3 is 2.67 bits per heavy atom. The molecule has 0 saturated heterocycles. The van der Waals surface area contributed by atoms with Crippen LogP contribution in [0.4, 0.5) is 18.9 Å². The van der Waals surface area contributed by atoms with Crippen LogP contribution < -0.4 is 9.64 Å². The molecule has 0 saturated carbocycles. The zero-order valence-electron chi connectivity index (χ0n) is 13.6. The molecule has 0 N–H and O–H groups in total. The van der Waals surface area contributed by atoms with Crippen LogP contribution in [-0.4, -0.2) is 26.4 Å². The molecule has 128 valence electrons. The zero-order chi connectivity index (χ0) is 17.2. The molecule has 24 heavy (non-hydrogen) atoms. The molecule has 1 aliphatic heterocycles. The highest BCUT2D eigenvalue weighted by molar-refractivity contribution is 5.76. The average Bonchev–Trinajstić information content (AvgIpc) is 2.58. The van der Waals surface area contributed by atoms with E-state index >= 15 is 0 Å². The van der Waals surface area contributed by atoms with Gasteiger partial charge in [0.1, 0.15) is 5.75 Å². The van der Waals surface area contributed by atoms with Gasteiger partial charge in [-0.15, -0.1) is 0 Å². The Hall–Kier alpha value is -2.17. The number of ether oxygens (including phenoxy) is 1. The van der Waals surface area contributed by atoms with Gasteiger partial charge in [0.25, 0.3) is 0 Å². The smallest absolute Gasteiger partial charge is 0.390 e. The zero-order valence-corrected chi connectivity index (χ0v) is 13.6. The van der Waals surface area contributed by atoms with E-state index in [4.69, 9.17) is 4.74 Å². The van der Waals surface area contributed by atoms with Crippen molar-refractivity contribution in [1.29, 1.82) is 0 Å². The van der Waals surface area contributed by atoms with Gasteiger partial charge in [-0.1, -0.05) is 24.3 Å². The van der Waals surface area contributed by atoms with Crippen LogP contribution in [0.15, 0.2) is 42.5 Å². The number of hydrogen-bond donors (Lipinski definition) is 0. The van der Waals surface area contributed by atoms with Crippen LogP contribution in [0.5, 0.6) is 5.75 Å². The first-order valence-corrected chi connectivity index (χ1v) is 8.06. The molecule has 2 aromatic carbocycles. The number of nitrogens with zero attached hydrogens (tertiary/aromatic N) is 1. The fourth-order valence-electron chi connectivity index (χ4n) is 3.26. The van der Waals surface area contributed by atoms with E-state index in [9.17, 15) is 13.2 Å². The number of benzene rings is 2. The van der Waals surface area contributed by atoms with Crippen LogP contribution in [-0.2, 0) is 6.42 Å². The van der Waals surface area contributed by atoms with Gasteiger partial charge in [0.05, 0.1) is 13.5 Å². The summed E-state index contributed by atoms with van der Waals surface area (Å²) in [6, 6.07) is 13.7. The lowest BCUT2D eigenvalue weighted by molar-refractivity contribution is -0.132. The normalized spacial score (nSPS) is 14.4. The molecule has 0 atom stereocenters. The first-order chi connectivity index (χ1) is 11.5. The molecular formula is C19H20F3NO. The van der Waals surface area contributed by atoms with E-state index in [1.54, 1.807) is 7.11 Å². The molecule has 0 bridgehead atoms. The summed E-state index contributed by atoms with van der Waals surface area (Å²) >= 11 is 0. The summed E-state index contributed by atoms with van der Waals surface area (Å²) in [5.41, 5.74) is 4.15.